The highest BCUT2D eigenvalue weighted by molar-refractivity contribution is 8.10. The monoisotopic (exact) mass is 525 g/mol. The summed E-state index contributed by atoms with van der Waals surface area (Å²) in [4.78, 5) is 3.84. The summed E-state index contributed by atoms with van der Waals surface area (Å²) >= 11 is 2.82. The Balaban J connectivity index is 1.84. The van der Waals surface area contributed by atoms with Gasteiger partial charge in [-0.2, -0.15) is 11.8 Å². The second-order valence-electron chi connectivity index (χ2n) is 6.67. The van der Waals surface area contributed by atoms with Crippen LogP contribution in [0.1, 0.15) is 5.01 Å². The number of hydrogen-bond acceptors (Lipinski definition) is 10. The van der Waals surface area contributed by atoms with Crippen molar-refractivity contribution in [3.8, 4) is 0 Å². The number of amidine groups is 1. The molecule has 0 aliphatic rings. The number of nitrogen functional groups attached to an aromatic ring is 1. The van der Waals surface area contributed by atoms with Gasteiger partial charge in [0.2, 0.25) is 29.4 Å². The summed E-state index contributed by atoms with van der Waals surface area (Å²) in [6, 6.07) is 15.0. The van der Waals surface area contributed by atoms with Gasteiger partial charge in [-0.25, -0.2) is 16.8 Å². The number of aromatic nitrogens is 2. The second-order valence-corrected chi connectivity index (χ2v) is 13.2. The molecule has 3 rings (SSSR count). The molecule has 0 bridgehead atoms. The molecule has 0 aliphatic carbocycles. The molecular weight excluding hydrogens is 503 g/mol. The average molecular weight is 526 g/mol. The van der Waals surface area contributed by atoms with E-state index in [1.807, 2.05) is 0 Å². The molecule has 13 heteroatoms. The Morgan fingerprint density at radius 1 is 1.00 bits per heavy atom. The van der Waals surface area contributed by atoms with Crippen molar-refractivity contribution in [2.75, 3.05) is 25.1 Å². The maximum Gasteiger partial charge on any atom is 0.228 e. The highest BCUT2D eigenvalue weighted by Gasteiger charge is 2.43. The van der Waals surface area contributed by atoms with E-state index in [1.54, 1.807) is 36.4 Å². The van der Waals surface area contributed by atoms with Gasteiger partial charge in [-0.15, -0.1) is 10.2 Å². The van der Waals surface area contributed by atoms with Crippen molar-refractivity contribution in [3.63, 3.8) is 0 Å². The lowest BCUT2D eigenvalue weighted by Gasteiger charge is -2.21. The highest BCUT2D eigenvalue weighted by atomic mass is 32.3. The van der Waals surface area contributed by atoms with Crippen molar-refractivity contribution in [3.05, 3.63) is 65.7 Å². The number of anilines is 1. The number of nitrogens with one attached hydrogen (secondary N) is 1. The van der Waals surface area contributed by atoms with Crippen molar-refractivity contribution in [1.29, 1.82) is 0 Å². The molecule has 33 heavy (non-hydrogen) atoms. The van der Waals surface area contributed by atoms with E-state index in [0.29, 0.717) is 23.2 Å². The van der Waals surface area contributed by atoms with Crippen LogP contribution in [0.4, 0.5) is 5.13 Å². The van der Waals surface area contributed by atoms with Gasteiger partial charge in [0.25, 0.3) is 0 Å². The Bertz CT molecular complexity index is 1220. The molecular formula is C20H23N5O4S4. The van der Waals surface area contributed by atoms with E-state index >= 15 is 0 Å². The zero-order valence-corrected chi connectivity index (χ0v) is 20.9. The standard InChI is InChI=1S/C20H23N5O4S4/c1-22-18(23-12-13-30-14-17-24-25-20(21)31-17)19(32(26,27)15-8-4-2-5-9-15)33(28,29)16-10-6-3-7-11-16/h2-11,19H,12-14H2,1H3,(H2,21,25)(H,22,23). The first kappa shape index (κ1) is 25.1. The summed E-state index contributed by atoms with van der Waals surface area (Å²) in [5.74, 6) is 1.01. The minimum Gasteiger partial charge on any atom is -0.374 e. The first-order valence-electron chi connectivity index (χ1n) is 9.71. The Morgan fingerprint density at radius 3 is 2.00 bits per heavy atom. The number of sulfone groups is 2. The molecule has 0 spiro atoms. The van der Waals surface area contributed by atoms with Crippen molar-refractivity contribution in [2.45, 2.75) is 20.1 Å². The lowest BCUT2D eigenvalue weighted by molar-refractivity contribution is 0.582. The van der Waals surface area contributed by atoms with Crippen LogP contribution in [-0.2, 0) is 25.4 Å². The van der Waals surface area contributed by atoms with Gasteiger partial charge in [-0.05, 0) is 24.3 Å². The van der Waals surface area contributed by atoms with Crippen LogP contribution in [0.5, 0.6) is 0 Å². The predicted octanol–water partition coefficient (Wildman–Crippen LogP) is 2.25. The maximum absolute atomic E-state index is 13.5. The fraction of sp³-hybridized carbons (Fsp3) is 0.250. The topological polar surface area (TPSA) is 144 Å². The van der Waals surface area contributed by atoms with Crippen LogP contribution in [-0.4, -0.2) is 56.8 Å². The fourth-order valence-corrected chi connectivity index (χ4v) is 8.98. The molecule has 0 aliphatic heterocycles. The van der Waals surface area contributed by atoms with Gasteiger partial charge in [0.05, 0.1) is 9.79 Å². The number of benzene rings is 2. The summed E-state index contributed by atoms with van der Waals surface area (Å²) < 4.78 is 52.1. The summed E-state index contributed by atoms with van der Waals surface area (Å²) in [5, 5.41) is 11.8. The van der Waals surface area contributed by atoms with Crippen LogP contribution >= 0.6 is 23.1 Å². The molecule has 0 unspecified atom stereocenters. The summed E-state index contributed by atoms with van der Waals surface area (Å²) in [6.07, 6.45) is 0. The van der Waals surface area contributed by atoms with Gasteiger partial charge in [0, 0.05) is 25.1 Å². The van der Waals surface area contributed by atoms with Crippen molar-refractivity contribution >= 4 is 53.7 Å². The second kappa shape index (κ2) is 11.1. The molecule has 1 aromatic heterocycles. The quantitative estimate of drug-likeness (QED) is 0.231. The molecule has 0 saturated carbocycles. The lowest BCUT2D eigenvalue weighted by atomic mass is 10.4. The molecule has 0 amide bonds. The van der Waals surface area contributed by atoms with E-state index in [2.05, 4.69) is 20.5 Å². The van der Waals surface area contributed by atoms with E-state index in [-0.39, 0.29) is 15.6 Å². The molecule has 9 nitrogen and oxygen atoms in total. The molecule has 0 fully saturated rings. The van der Waals surface area contributed by atoms with E-state index in [9.17, 15) is 16.8 Å². The van der Waals surface area contributed by atoms with E-state index in [1.165, 1.54) is 54.4 Å². The van der Waals surface area contributed by atoms with Crippen molar-refractivity contribution < 1.29 is 16.8 Å². The normalized spacial score (nSPS) is 12.7. The smallest absolute Gasteiger partial charge is 0.228 e. The van der Waals surface area contributed by atoms with Crippen molar-refractivity contribution in [1.82, 2.24) is 15.5 Å². The van der Waals surface area contributed by atoms with E-state index in [4.69, 9.17) is 5.73 Å². The third-order valence-corrected chi connectivity index (χ3v) is 11.3. The Labute approximate surface area is 201 Å². The zero-order chi connectivity index (χ0) is 23.9. The SMILES string of the molecule is CN=C(NCCSCc1nnc(N)s1)C(S(=O)(=O)c1ccccc1)S(=O)(=O)c1ccccc1. The highest BCUT2D eigenvalue weighted by Crippen LogP contribution is 2.26. The number of aliphatic imine (C=N–C) groups is 1. The Kier molecular flexibility index (Phi) is 8.46. The number of thioether (sulfide) groups is 1. The van der Waals surface area contributed by atoms with Crippen molar-refractivity contribution in [2.24, 2.45) is 4.99 Å². The van der Waals surface area contributed by atoms with E-state index < -0.39 is 24.3 Å². The number of rotatable bonds is 10. The van der Waals surface area contributed by atoms with Crippen LogP contribution in [0, 0.1) is 0 Å². The third kappa shape index (κ3) is 6.10. The van der Waals surface area contributed by atoms with Crippen LogP contribution < -0.4 is 11.1 Å². The maximum atomic E-state index is 13.5. The molecule has 0 atom stereocenters. The number of nitrogens with two attached hydrogens (primary N) is 1. The van der Waals surface area contributed by atoms with Gasteiger partial charge in [0.15, 0.2) is 0 Å². The Morgan fingerprint density at radius 2 is 1.55 bits per heavy atom. The van der Waals surface area contributed by atoms with Gasteiger partial charge < -0.3 is 11.1 Å². The molecule has 1 heterocycles. The molecule has 176 valence electrons. The number of hydrogen-bond donors (Lipinski definition) is 2. The molecule has 3 aromatic rings. The summed E-state index contributed by atoms with van der Waals surface area (Å²) in [6.45, 7) is 0.302. The summed E-state index contributed by atoms with van der Waals surface area (Å²) in [7, 11) is -7.27. The van der Waals surface area contributed by atoms with Crippen LogP contribution in [0.2, 0.25) is 0 Å². The zero-order valence-electron chi connectivity index (χ0n) is 17.7. The third-order valence-electron chi connectivity index (χ3n) is 4.43. The first-order chi connectivity index (χ1) is 15.8. The minimum absolute atomic E-state index is 0.0966. The Hall–Kier alpha value is -2.48. The molecule has 2 aromatic carbocycles. The average Bonchev–Trinajstić information content (AvgIpc) is 3.23. The number of nitrogens with zero attached hydrogens (tertiary/aromatic N) is 3. The minimum atomic E-state index is -4.32. The lowest BCUT2D eigenvalue weighted by Crippen LogP contribution is -2.45. The first-order valence-corrected chi connectivity index (χ1v) is 14.8. The van der Waals surface area contributed by atoms with Crippen LogP contribution in [0.15, 0.2) is 75.4 Å². The van der Waals surface area contributed by atoms with Gasteiger partial charge in [0.1, 0.15) is 10.8 Å². The van der Waals surface area contributed by atoms with E-state index in [0.717, 1.165) is 5.01 Å². The summed E-state index contributed by atoms with van der Waals surface area (Å²) in [5.41, 5.74) is 5.57. The van der Waals surface area contributed by atoms with Gasteiger partial charge >= 0.3 is 0 Å². The van der Waals surface area contributed by atoms with Gasteiger partial charge in [-0.1, -0.05) is 47.7 Å². The van der Waals surface area contributed by atoms with Crippen LogP contribution in [0.3, 0.4) is 0 Å². The van der Waals surface area contributed by atoms with Gasteiger partial charge in [-0.3, -0.25) is 4.99 Å². The largest absolute Gasteiger partial charge is 0.374 e. The molecule has 0 radical (unpaired) electrons. The molecule has 0 saturated heterocycles. The fourth-order valence-electron chi connectivity index (χ4n) is 2.93. The predicted molar refractivity (Wildman–Crippen MR) is 133 cm³/mol. The molecule has 3 N–H and O–H groups in total. The van der Waals surface area contributed by atoms with Crippen LogP contribution in [0.25, 0.3) is 0 Å².